The Kier molecular flexibility index (Phi) is 3.98. The van der Waals surface area contributed by atoms with E-state index in [4.69, 9.17) is 5.73 Å². The van der Waals surface area contributed by atoms with Crippen LogP contribution >= 0.6 is 11.8 Å². The smallest absolute Gasteiger partial charge is 0.384 e. The molecule has 2 aromatic heterocycles. The van der Waals surface area contributed by atoms with Crippen LogP contribution in [0, 0.1) is 10.1 Å². The molecule has 2 N–H and O–H groups in total. The van der Waals surface area contributed by atoms with Gasteiger partial charge in [-0.2, -0.15) is 13.2 Å². The largest absolute Gasteiger partial charge is 0.417 e. The number of aromatic nitrogens is 2. The van der Waals surface area contributed by atoms with Crippen molar-refractivity contribution in [3.63, 3.8) is 0 Å². The maximum absolute atomic E-state index is 12.4. The predicted molar refractivity (Wildman–Crippen MR) is 68.7 cm³/mol. The number of hydrogen-bond acceptors (Lipinski definition) is 6. The van der Waals surface area contributed by atoms with E-state index in [9.17, 15) is 23.3 Å². The van der Waals surface area contributed by atoms with Gasteiger partial charge in [0.15, 0.2) is 5.03 Å². The number of alkyl halides is 3. The van der Waals surface area contributed by atoms with Gasteiger partial charge in [-0.3, -0.25) is 10.1 Å². The van der Waals surface area contributed by atoms with Gasteiger partial charge in [0.05, 0.1) is 10.5 Å². The zero-order valence-corrected chi connectivity index (χ0v) is 11.0. The summed E-state index contributed by atoms with van der Waals surface area (Å²) in [7, 11) is 0. The highest BCUT2D eigenvalue weighted by molar-refractivity contribution is 7.99. The van der Waals surface area contributed by atoms with Crippen LogP contribution in [0.15, 0.2) is 40.5 Å². The van der Waals surface area contributed by atoms with Crippen LogP contribution in [0.1, 0.15) is 5.56 Å². The van der Waals surface area contributed by atoms with Gasteiger partial charge < -0.3 is 5.73 Å². The molecule has 2 heterocycles. The van der Waals surface area contributed by atoms with Crippen LogP contribution in [0.4, 0.5) is 24.7 Å². The van der Waals surface area contributed by atoms with E-state index in [0.29, 0.717) is 6.20 Å². The van der Waals surface area contributed by atoms with Crippen molar-refractivity contribution in [3.05, 3.63) is 46.1 Å². The molecule has 2 aromatic rings. The lowest BCUT2D eigenvalue weighted by atomic mass is 10.3. The molecule has 0 aliphatic carbocycles. The second kappa shape index (κ2) is 5.56. The lowest BCUT2D eigenvalue weighted by molar-refractivity contribution is -0.388. The number of pyridine rings is 2. The van der Waals surface area contributed by atoms with Crippen LogP contribution < -0.4 is 5.73 Å². The Bertz CT molecular complexity index is 676. The molecule has 0 atom stereocenters. The third kappa shape index (κ3) is 3.60. The molecule has 110 valence electrons. The molecule has 0 aliphatic rings. The summed E-state index contributed by atoms with van der Waals surface area (Å²) in [5.74, 6) is 0.0648. The van der Waals surface area contributed by atoms with Gasteiger partial charge in [-0.05, 0) is 30.0 Å². The van der Waals surface area contributed by atoms with Crippen molar-refractivity contribution in [3.8, 4) is 0 Å². The molecule has 6 nitrogen and oxygen atoms in total. The van der Waals surface area contributed by atoms with Gasteiger partial charge in [0.2, 0.25) is 0 Å². The second-order valence-electron chi connectivity index (χ2n) is 3.80. The summed E-state index contributed by atoms with van der Waals surface area (Å²) < 4.78 is 37.2. The molecule has 2 rings (SSSR count). The standard InChI is InChI=1S/C11H7F3N4O2S/c12-11(13,14)6-1-4-9(16-5-6)21-10-7(18(19)20)2-3-8(15)17-10/h1-5H,(H2,15,17). The zero-order valence-electron chi connectivity index (χ0n) is 10.2. The van der Waals surface area contributed by atoms with Gasteiger partial charge in [0.25, 0.3) is 0 Å². The van der Waals surface area contributed by atoms with Gasteiger partial charge in [0, 0.05) is 12.3 Å². The van der Waals surface area contributed by atoms with Crippen LogP contribution in [-0.4, -0.2) is 14.9 Å². The van der Waals surface area contributed by atoms with E-state index >= 15 is 0 Å². The van der Waals surface area contributed by atoms with Gasteiger partial charge in [-0.1, -0.05) is 0 Å². The topological polar surface area (TPSA) is 94.9 Å². The van der Waals surface area contributed by atoms with E-state index in [1.165, 1.54) is 12.1 Å². The van der Waals surface area contributed by atoms with Gasteiger partial charge in [-0.15, -0.1) is 0 Å². The first-order chi connectivity index (χ1) is 9.77. The number of hydrogen-bond donors (Lipinski definition) is 1. The fraction of sp³-hybridized carbons (Fsp3) is 0.0909. The van der Waals surface area contributed by atoms with Crippen molar-refractivity contribution < 1.29 is 18.1 Å². The molecule has 0 aliphatic heterocycles. The van der Waals surface area contributed by atoms with E-state index < -0.39 is 16.7 Å². The molecule has 0 bridgehead atoms. The molecule has 10 heteroatoms. The summed E-state index contributed by atoms with van der Waals surface area (Å²) in [5.41, 5.74) is 4.25. The first kappa shape index (κ1) is 15.0. The first-order valence-electron chi connectivity index (χ1n) is 5.39. The Morgan fingerprint density at radius 2 is 1.95 bits per heavy atom. The maximum atomic E-state index is 12.4. The number of nitrogen functional groups attached to an aromatic ring is 1. The molecule has 0 aromatic carbocycles. The van der Waals surface area contributed by atoms with E-state index in [1.54, 1.807) is 0 Å². The fourth-order valence-electron chi connectivity index (χ4n) is 1.37. The molecule has 21 heavy (non-hydrogen) atoms. The molecular weight excluding hydrogens is 309 g/mol. The van der Waals surface area contributed by atoms with Crippen molar-refractivity contribution in [2.24, 2.45) is 0 Å². The normalized spacial score (nSPS) is 11.4. The highest BCUT2D eigenvalue weighted by Crippen LogP contribution is 2.34. The van der Waals surface area contributed by atoms with Crippen molar-refractivity contribution in [1.29, 1.82) is 0 Å². The second-order valence-corrected chi connectivity index (χ2v) is 4.81. The Hall–Kier alpha value is -2.36. The summed E-state index contributed by atoms with van der Waals surface area (Å²) in [6.07, 6.45) is -3.84. The minimum absolute atomic E-state index is 0.0349. The summed E-state index contributed by atoms with van der Waals surface area (Å²) in [4.78, 5) is 17.6. The Morgan fingerprint density at radius 1 is 1.24 bits per heavy atom. The number of nitro groups is 1. The average molecular weight is 316 g/mol. The monoisotopic (exact) mass is 316 g/mol. The van der Waals surface area contributed by atoms with Crippen LogP contribution in [-0.2, 0) is 6.18 Å². The van der Waals surface area contributed by atoms with Crippen LogP contribution in [0.5, 0.6) is 0 Å². The number of rotatable bonds is 3. The van der Waals surface area contributed by atoms with Crippen molar-refractivity contribution in [2.45, 2.75) is 16.2 Å². The van der Waals surface area contributed by atoms with E-state index in [2.05, 4.69) is 9.97 Å². The molecule has 0 saturated heterocycles. The zero-order chi connectivity index (χ0) is 15.6. The maximum Gasteiger partial charge on any atom is 0.417 e. The minimum Gasteiger partial charge on any atom is -0.384 e. The van der Waals surface area contributed by atoms with Crippen molar-refractivity contribution in [1.82, 2.24) is 9.97 Å². The molecule has 0 saturated carbocycles. The Labute approximate surface area is 120 Å². The van der Waals surface area contributed by atoms with E-state index in [0.717, 1.165) is 23.9 Å². The lowest BCUT2D eigenvalue weighted by Crippen LogP contribution is -2.05. The SMILES string of the molecule is Nc1ccc([N+](=O)[O-])c(Sc2ccc(C(F)(F)F)cn2)n1. The van der Waals surface area contributed by atoms with Crippen LogP contribution in [0.25, 0.3) is 0 Å². The number of nitrogens with zero attached hydrogens (tertiary/aromatic N) is 3. The molecule has 0 unspecified atom stereocenters. The summed E-state index contributed by atoms with van der Waals surface area (Å²) in [5, 5.41) is 11.0. The van der Waals surface area contributed by atoms with E-state index in [-0.39, 0.29) is 21.6 Å². The highest BCUT2D eigenvalue weighted by Gasteiger charge is 2.30. The third-order valence-corrected chi connectivity index (χ3v) is 3.27. The molecule has 0 amide bonds. The minimum atomic E-state index is -4.49. The molecule has 0 radical (unpaired) electrons. The van der Waals surface area contributed by atoms with Gasteiger partial charge in [-0.25, -0.2) is 9.97 Å². The lowest BCUT2D eigenvalue weighted by Gasteiger charge is -2.06. The van der Waals surface area contributed by atoms with Crippen LogP contribution in [0.3, 0.4) is 0 Å². The number of nitrogens with two attached hydrogens (primary N) is 1. The van der Waals surface area contributed by atoms with Gasteiger partial charge in [0.1, 0.15) is 10.8 Å². The Balaban J connectivity index is 2.30. The summed E-state index contributed by atoms with van der Waals surface area (Å²) >= 11 is 0.765. The number of halogens is 3. The third-order valence-electron chi connectivity index (χ3n) is 2.32. The Morgan fingerprint density at radius 3 is 2.48 bits per heavy atom. The molecule has 0 spiro atoms. The van der Waals surface area contributed by atoms with E-state index in [1.807, 2.05) is 0 Å². The first-order valence-corrected chi connectivity index (χ1v) is 6.21. The number of anilines is 1. The summed E-state index contributed by atoms with van der Waals surface area (Å²) in [6, 6.07) is 4.40. The van der Waals surface area contributed by atoms with Crippen molar-refractivity contribution in [2.75, 3.05) is 5.73 Å². The highest BCUT2D eigenvalue weighted by atomic mass is 32.2. The predicted octanol–water partition coefficient (Wildman–Crippen LogP) is 3.14. The van der Waals surface area contributed by atoms with Crippen LogP contribution in [0.2, 0.25) is 0 Å². The molecule has 0 fully saturated rings. The molecular formula is C11H7F3N4O2S. The fourth-order valence-corrected chi connectivity index (χ4v) is 2.21. The quantitative estimate of drug-likeness (QED) is 0.690. The van der Waals surface area contributed by atoms with Gasteiger partial charge >= 0.3 is 11.9 Å². The van der Waals surface area contributed by atoms with Crippen molar-refractivity contribution >= 4 is 23.3 Å². The summed E-state index contributed by atoms with van der Waals surface area (Å²) in [6.45, 7) is 0. The average Bonchev–Trinajstić information content (AvgIpc) is 2.38.